The number of hydrogen-bond acceptors (Lipinski definition) is 2. The van der Waals surface area contributed by atoms with Crippen LogP contribution in [0.5, 0.6) is 0 Å². The standard InChI is InChI=1S/C5H7BrN2/c6-4-1-2-5(7)8-3-4/h3H,1-2H2,(H2,7,8). The normalized spacial score (nSPS) is 19.6. The monoisotopic (exact) mass is 174 g/mol. The van der Waals surface area contributed by atoms with Crippen molar-refractivity contribution in [1.82, 2.24) is 0 Å². The first kappa shape index (κ1) is 5.82. The highest BCUT2D eigenvalue weighted by molar-refractivity contribution is 9.11. The van der Waals surface area contributed by atoms with Gasteiger partial charge in [-0.05, 0) is 6.42 Å². The van der Waals surface area contributed by atoms with Crippen LogP contribution in [0.15, 0.2) is 15.7 Å². The molecule has 0 aromatic rings. The Hall–Kier alpha value is -0.310. The summed E-state index contributed by atoms with van der Waals surface area (Å²) in [7, 11) is 0. The van der Waals surface area contributed by atoms with Gasteiger partial charge in [0, 0.05) is 17.1 Å². The summed E-state index contributed by atoms with van der Waals surface area (Å²) in [4.78, 5) is 3.90. The number of allylic oxidation sites excluding steroid dienone is 1. The number of hydrogen-bond donors (Lipinski definition) is 1. The van der Waals surface area contributed by atoms with Gasteiger partial charge in [0.15, 0.2) is 0 Å². The van der Waals surface area contributed by atoms with Crippen molar-refractivity contribution in [2.75, 3.05) is 0 Å². The van der Waals surface area contributed by atoms with Gasteiger partial charge in [-0.3, -0.25) is 0 Å². The molecule has 3 heteroatoms. The Morgan fingerprint density at radius 3 is 2.75 bits per heavy atom. The lowest BCUT2D eigenvalue weighted by Crippen LogP contribution is -2.12. The first-order chi connectivity index (χ1) is 3.79. The van der Waals surface area contributed by atoms with Crippen LogP contribution in [0.25, 0.3) is 0 Å². The molecule has 1 rings (SSSR count). The molecular formula is C5H7BrN2. The maximum Gasteiger partial charge on any atom is 0.0992 e. The lowest BCUT2D eigenvalue weighted by Gasteiger charge is -2.02. The summed E-state index contributed by atoms with van der Waals surface area (Å²) in [5.41, 5.74) is 5.38. The Labute approximate surface area is 56.6 Å². The van der Waals surface area contributed by atoms with Crippen molar-refractivity contribution in [2.24, 2.45) is 10.7 Å². The van der Waals surface area contributed by atoms with Crippen molar-refractivity contribution in [3.63, 3.8) is 0 Å². The van der Waals surface area contributed by atoms with Crippen molar-refractivity contribution in [3.05, 3.63) is 10.7 Å². The van der Waals surface area contributed by atoms with Crippen LogP contribution in [0, 0.1) is 0 Å². The minimum Gasteiger partial charge on any atom is -0.387 e. The van der Waals surface area contributed by atoms with Gasteiger partial charge >= 0.3 is 0 Å². The summed E-state index contributed by atoms with van der Waals surface area (Å²) in [5.74, 6) is 0.730. The molecule has 8 heavy (non-hydrogen) atoms. The molecule has 0 saturated carbocycles. The van der Waals surface area contributed by atoms with Crippen LogP contribution in [0.4, 0.5) is 0 Å². The Balaban J connectivity index is 2.65. The smallest absolute Gasteiger partial charge is 0.0992 e. The van der Waals surface area contributed by atoms with Crippen LogP contribution in [-0.4, -0.2) is 5.84 Å². The van der Waals surface area contributed by atoms with Crippen LogP contribution in [0.1, 0.15) is 12.8 Å². The van der Waals surface area contributed by atoms with E-state index < -0.39 is 0 Å². The molecule has 0 aromatic carbocycles. The molecule has 0 spiro atoms. The molecule has 0 fully saturated rings. The molecule has 1 aliphatic rings. The maximum atomic E-state index is 5.38. The van der Waals surface area contributed by atoms with Gasteiger partial charge < -0.3 is 5.73 Å². The molecule has 0 bridgehead atoms. The van der Waals surface area contributed by atoms with E-state index in [-0.39, 0.29) is 0 Å². The van der Waals surface area contributed by atoms with Gasteiger partial charge in [0.25, 0.3) is 0 Å². The molecule has 0 aromatic heterocycles. The highest BCUT2D eigenvalue weighted by atomic mass is 79.9. The third-order valence-corrected chi connectivity index (χ3v) is 1.59. The molecule has 0 radical (unpaired) electrons. The number of halogens is 1. The summed E-state index contributed by atoms with van der Waals surface area (Å²) >= 11 is 3.31. The highest BCUT2D eigenvalue weighted by Gasteiger charge is 1.99. The van der Waals surface area contributed by atoms with Gasteiger partial charge in [0.1, 0.15) is 0 Å². The molecule has 0 unspecified atom stereocenters. The van der Waals surface area contributed by atoms with Crippen molar-refractivity contribution in [3.8, 4) is 0 Å². The van der Waals surface area contributed by atoms with Crippen LogP contribution >= 0.6 is 15.9 Å². The van der Waals surface area contributed by atoms with Crippen molar-refractivity contribution < 1.29 is 0 Å². The minimum atomic E-state index is 0.730. The zero-order valence-electron chi connectivity index (χ0n) is 4.39. The molecule has 0 amide bonds. The molecule has 2 nitrogen and oxygen atoms in total. The van der Waals surface area contributed by atoms with Crippen molar-refractivity contribution in [2.45, 2.75) is 12.8 Å². The van der Waals surface area contributed by atoms with Crippen LogP contribution < -0.4 is 5.73 Å². The van der Waals surface area contributed by atoms with Gasteiger partial charge in [0.2, 0.25) is 0 Å². The first-order valence-electron chi connectivity index (χ1n) is 2.46. The fourth-order valence-electron chi connectivity index (χ4n) is 0.530. The molecule has 1 heterocycles. The lowest BCUT2D eigenvalue weighted by molar-refractivity contribution is 1.03. The van der Waals surface area contributed by atoms with Crippen LogP contribution in [-0.2, 0) is 0 Å². The van der Waals surface area contributed by atoms with E-state index in [1.54, 1.807) is 6.20 Å². The second-order valence-corrected chi connectivity index (χ2v) is 2.71. The second kappa shape index (κ2) is 2.31. The van der Waals surface area contributed by atoms with E-state index in [0.29, 0.717) is 0 Å². The minimum absolute atomic E-state index is 0.730. The van der Waals surface area contributed by atoms with Crippen LogP contribution in [0.3, 0.4) is 0 Å². The van der Waals surface area contributed by atoms with Gasteiger partial charge in [-0.1, -0.05) is 15.9 Å². The zero-order chi connectivity index (χ0) is 5.98. The Bertz CT molecular complexity index is 131. The Kier molecular flexibility index (Phi) is 1.68. The Morgan fingerprint density at radius 2 is 2.38 bits per heavy atom. The third-order valence-electron chi connectivity index (χ3n) is 0.990. The summed E-state index contributed by atoms with van der Waals surface area (Å²) in [5, 5.41) is 0. The number of amidine groups is 1. The van der Waals surface area contributed by atoms with Crippen molar-refractivity contribution >= 4 is 21.8 Å². The quantitative estimate of drug-likeness (QED) is 0.593. The van der Waals surface area contributed by atoms with Crippen molar-refractivity contribution in [1.29, 1.82) is 0 Å². The van der Waals surface area contributed by atoms with Crippen LogP contribution in [0.2, 0.25) is 0 Å². The Morgan fingerprint density at radius 1 is 1.62 bits per heavy atom. The van der Waals surface area contributed by atoms with E-state index in [1.807, 2.05) is 0 Å². The SMILES string of the molecule is NC1=NC=C(Br)CC1. The topological polar surface area (TPSA) is 38.4 Å². The fourth-order valence-corrected chi connectivity index (χ4v) is 0.830. The molecule has 44 valence electrons. The summed E-state index contributed by atoms with van der Waals surface area (Å²) in [6, 6.07) is 0. The van der Waals surface area contributed by atoms with E-state index in [2.05, 4.69) is 20.9 Å². The molecule has 0 saturated heterocycles. The molecule has 1 aliphatic heterocycles. The highest BCUT2D eigenvalue weighted by Crippen LogP contribution is 2.15. The predicted octanol–water partition coefficient (Wildman–Crippen LogP) is 1.37. The number of rotatable bonds is 0. The van der Waals surface area contributed by atoms with E-state index in [1.165, 1.54) is 0 Å². The van der Waals surface area contributed by atoms with E-state index in [0.717, 1.165) is 23.2 Å². The largest absolute Gasteiger partial charge is 0.387 e. The summed E-state index contributed by atoms with van der Waals surface area (Å²) in [6.07, 6.45) is 3.63. The van der Waals surface area contributed by atoms with Gasteiger partial charge in [-0.15, -0.1) is 0 Å². The molecular weight excluding hydrogens is 168 g/mol. The number of nitrogens with zero attached hydrogens (tertiary/aromatic N) is 1. The average Bonchev–Trinajstić information content (AvgIpc) is 1.77. The predicted molar refractivity (Wildman–Crippen MR) is 37.9 cm³/mol. The molecule has 0 atom stereocenters. The first-order valence-corrected chi connectivity index (χ1v) is 3.25. The molecule has 0 aliphatic carbocycles. The van der Waals surface area contributed by atoms with E-state index in [4.69, 9.17) is 5.73 Å². The van der Waals surface area contributed by atoms with Gasteiger partial charge in [-0.25, -0.2) is 4.99 Å². The maximum absolute atomic E-state index is 5.38. The fraction of sp³-hybridized carbons (Fsp3) is 0.400. The zero-order valence-corrected chi connectivity index (χ0v) is 5.98. The molecule has 2 N–H and O–H groups in total. The second-order valence-electron chi connectivity index (χ2n) is 1.70. The van der Waals surface area contributed by atoms with E-state index in [9.17, 15) is 0 Å². The van der Waals surface area contributed by atoms with Gasteiger partial charge in [-0.2, -0.15) is 0 Å². The number of aliphatic imine (C=N–C) groups is 1. The van der Waals surface area contributed by atoms with Gasteiger partial charge in [0.05, 0.1) is 5.84 Å². The summed E-state index contributed by atoms with van der Waals surface area (Å²) < 4.78 is 1.13. The number of nitrogens with two attached hydrogens (primary N) is 1. The summed E-state index contributed by atoms with van der Waals surface area (Å²) in [6.45, 7) is 0. The average molecular weight is 175 g/mol. The lowest BCUT2D eigenvalue weighted by atomic mass is 10.2. The third kappa shape index (κ3) is 1.33. The van der Waals surface area contributed by atoms with E-state index >= 15 is 0 Å².